The van der Waals surface area contributed by atoms with Gasteiger partial charge in [0.25, 0.3) is 0 Å². The molecule has 8 heterocycles. The molecule has 2 aliphatic rings. The molecule has 444 valence electrons. The van der Waals surface area contributed by atoms with Crippen LogP contribution in [0, 0.1) is 13.8 Å². The molecule has 0 spiro atoms. The third kappa shape index (κ3) is 17.3. The Kier molecular flexibility index (Phi) is 25.7. The molecule has 84 heavy (non-hydrogen) atoms. The number of carbonyl (C=O) groups is 6. The minimum Gasteiger partial charge on any atom is -0.507 e. The molecule has 8 aromatic rings. The number of aliphatic carboxylic acids is 1. The zero-order valence-corrected chi connectivity index (χ0v) is 51.2. The van der Waals surface area contributed by atoms with E-state index in [-0.39, 0.29) is 119 Å². The van der Waals surface area contributed by atoms with Crippen molar-refractivity contribution in [3.63, 3.8) is 0 Å². The first kappa shape index (κ1) is 69.4. The number of pyridine rings is 2. The summed E-state index contributed by atoms with van der Waals surface area (Å²) in [6, 6.07) is 15.3. The normalized spacial score (nSPS) is 15.7. The minimum atomic E-state index is -1.36. The summed E-state index contributed by atoms with van der Waals surface area (Å²) < 4.78 is 31.5. The van der Waals surface area contributed by atoms with E-state index in [1.54, 1.807) is 81.1 Å². The first-order valence-corrected chi connectivity index (χ1v) is 27.6. The number of aromatic hydroxyl groups is 2. The van der Waals surface area contributed by atoms with Crippen LogP contribution in [0.4, 0.5) is 14.6 Å². The Morgan fingerprint density at radius 2 is 1.21 bits per heavy atom. The van der Waals surface area contributed by atoms with Gasteiger partial charge in [0.2, 0.25) is 11.8 Å². The maximum atomic E-state index is 14.4. The monoisotopic (exact) mass is 1360 g/mol. The third-order valence-corrected chi connectivity index (χ3v) is 13.9. The second-order valence-corrected chi connectivity index (χ2v) is 20.4. The third-order valence-electron chi connectivity index (χ3n) is 13.0. The maximum Gasteiger partial charge on any atom is 0.323 e. The van der Waals surface area contributed by atoms with Crippen LogP contribution in [0.15, 0.2) is 107 Å². The Labute approximate surface area is 521 Å². The first-order valence-electron chi connectivity index (χ1n) is 24.7. The number of carbonyl (C=O) groups excluding carboxylic acids is 5. The van der Waals surface area contributed by atoms with Gasteiger partial charge in [-0.25, -0.2) is 38.7 Å². The topological polar surface area (TPSA) is 278 Å². The van der Waals surface area contributed by atoms with E-state index in [2.05, 4.69) is 94.8 Å². The second-order valence-electron chi connectivity index (χ2n) is 18.8. The van der Waals surface area contributed by atoms with Gasteiger partial charge in [-0.3, -0.25) is 28.8 Å². The zero-order valence-electron chi connectivity index (χ0n) is 44.5. The summed E-state index contributed by atoms with van der Waals surface area (Å²) in [5, 5.41) is 36.8. The molecule has 0 saturated carbocycles. The van der Waals surface area contributed by atoms with E-state index in [4.69, 9.17) is 5.11 Å². The fourth-order valence-electron chi connectivity index (χ4n) is 9.17. The predicted molar refractivity (Wildman–Crippen MR) is 333 cm³/mol. The molecule has 0 bridgehead atoms. The van der Waals surface area contributed by atoms with Crippen molar-refractivity contribution >= 4 is 143 Å². The molecular formula is C56H58Br2ClF2N11O9S3. The number of anilines is 1. The summed E-state index contributed by atoms with van der Waals surface area (Å²) in [5.74, 6) is -1.14. The number of rotatable bonds is 13. The van der Waals surface area contributed by atoms with E-state index in [1.165, 1.54) is 52.4 Å². The van der Waals surface area contributed by atoms with Crippen molar-refractivity contribution in [2.75, 3.05) is 18.4 Å². The van der Waals surface area contributed by atoms with Gasteiger partial charge in [0.05, 0.1) is 30.0 Å². The summed E-state index contributed by atoms with van der Waals surface area (Å²) >= 11 is 13.8. The molecule has 20 nitrogen and oxygen atoms in total. The Morgan fingerprint density at radius 1 is 0.726 bits per heavy atom. The van der Waals surface area contributed by atoms with Gasteiger partial charge in [0, 0.05) is 141 Å². The number of amides is 2. The summed E-state index contributed by atoms with van der Waals surface area (Å²) in [4.78, 5) is 99.6. The highest BCUT2D eigenvalue weighted by Crippen LogP contribution is 2.37. The van der Waals surface area contributed by atoms with Crippen LogP contribution >= 0.6 is 57.8 Å². The molecule has 0 aliphatic carbocycles. The molecular weight excluding hydrogens is 1300 g/mol. The number of carboxylic acids is 1. The Hall–Kier alpha value is -7.14. The van der Waals surface area contributed by atoms with Crippen LogP contribution in [0.2, 0.25) is 0 Å². The van der Waals surface area contributed by atoms with Gasteiger partial charge < -0.3 is 40.0 Å². The molecule has 2 saturated heterocycles. The molecule has 2 aliphatic heterocycles. The highest BCUT2D eigenvalue weighted by Gasteiger charge is 2.40. The fraction of sp³-hybridized carbons (Fsp3) is 0.286. The molecule has 4 atom stereocenters. The average molecular weight is 1360 g/mol. The van der Waals surface area contributed by atoms with E-state index in [9.17, 15) is 47.8 Å². The number of ketones is 3. The van der Waals surface area contributed by atoms with E-state index < -0.39 is 36.2 Å². The molecule has 10 rings (SSSR count). The van der Waals surface area contributed by atoms with Crippen molar-refractivity contribution in [1.29, 1.82) is 0 Å². The number of hydrogen-bond donors (Lipinski definition) is 5. The summed E-state index contributed by atoms with van der Waals surface area (Å²) in [7, 11) is 0. The number of nitrogens with zero attached hydrogens (tertiary/aromatic N) is 9. The number of carboxylic acid groups (broad SMARTS) is 1. The number of benzene rings is 2. The van der Waals surface area contributed by atoms with Crippen molar-refractivity contribution in [2.45, 2.75) is 91.9 Å². The highest BCUT2D eigenvalue weighted by atomic mass is 79.9. The van der Waals surface area contributed by atoms with Crippen LogP contribution in [0.1, 0.15) is 72.2 Å². The lowest BCUT2D eigenvalue weighted by Crippen LogP contribution is -2.44. The quantitative estimate of drug-likeness (QED) is 0.0531. The van der Waals surface area contributed by atoms with Crippen molar-refractivity contribution in [3.05, 3.63) is 136 Å². The largest absolute Gasteiger partial charge is 0.507 e. The zero-order chi connectivity index (χ0) is 58.8. The van der Waals surface area contributed by atoms with Crippen LogP contribution in [0.5, 0.6) is 11.5 Å². The molecule has 2 amide bonds. The molecule has 6 aromatic heterocycles. The molecule has 0 unspecified atom stereocenters. The van der Waals surface area contributed by atoms with Gasteiger partial charge in [-0.05, 0) is 96.0 Å². The summed E-state index contributed by atoms with van der Waals surface area (Å²) in [5.41, 5.74) is 4.49. The Balaban J connectivity index is 0.000000287. The summed E-state index contributed by atoms with van der Waals surface area (Å²) in [6.45, 7) is 5.82. The lowest BCUT2D eigenvalue weighted by Gasteiger charge is -2.24. The standard InChI is InChI=1S/C27H24BrFN6O4.C17H15N3O4.C11H12BrFN2O.CH4.ClH.S2.H2S/c1-14(36)20-12-34(21-8-23(37)18(7-19(20)21)16-9-30-15(2)31-10-16)13-26(38)35-11-17(29)6-22(35)27(39)33-25-5-3-4-24(28)32-25;1-9(21)14-7-20(8-17(23)24)15-4-16(22)12(3-13(14)15)11-5-18-10(2)19-6-11;12-11-3-1-2-8(15-11)5-10(16)9-4-7(13)6-14-9;;;1-2;/h3-5,7-10,12,17,22,37H,6,11,13H2,1-2H3,(H,32,33,39);3-7,22H,8H2,1-2H3,(H,23,24);1-3,7,9,14H,4-6H2;1H4;1H;;1H2/t17-,22+;;7-,9+;;;;/m1.1..../s1. The van der Waals surface area contributed by atoms with Gasteiger partial charge in [-0.1, -0.05) is 19.6 Å². The molecule has 5 N–H and O–H groups in total. The van der Waals surface area contributed by atoms with Crippen molar-refractivity contribution in [3.8, 4) is 33.8 Å². The van der Waals surface area contributed by atoms with E-state index in [0.717, 1.165) is 0 Å². The molecule has 0 radical (unpaired) electrons. The predicted octanol–water partition coefficient (Wildman–Crippen LogP) is 9.27. The molecule has 28 heteroatoms. The number of nitrogens with one attached hydrogen (secondary N) is 2. The maximum absolute atomic E-state index is 14.4. The average Bonchev–Trinajstić information content (AvgIpc) is 2.33. The number of aromatic nitrogens is 8. The number of fused-ring (bicyclic) bond motifs is 2. The van der Waals surface area contributed by atoms with Crippen LogP contribution in [-0.2, 0) is 61.1 Å². The SMILES string of the molecule is C.CC(=O)c1cn(CC(=O)N2C[C@H](F)C[C@H]2C(=O)Nc2cccc(Br)n2)c2cc(O)c(-c3cnc(C)nc3)cc12.CC(=O)c1cn(CC(=O)O)c2cc(O)c(-c3cnc(C)nc3)cc12.Cl.O=C(Cc1cccc(Br)n1)[C@@H]1C[C@@H](F)CN1.S.S=S. The molecule has 2 fully saturated rings. The van der Waals surface area contributed by atoms with Crippen molar-refractivity contribution in [2.24, 2.45) is 0 Å². The van der Waals surface area contributed by atoms with Crippen LogP contribution in [0.3, 0.4) is 0 Å². The lowest BCUT2D eigenvalue weighted by atomic mass is 10.0. The number of alkyl halides is 2. The number of halogens is 5. The van der Waals surface area contributed by atoms with Gasteiger partial charge >= 0.3 is 5.97 Å². The fourth-order valence-corrected chi connectivity index (χ4v) is 9.89. The lowest BCUT2D eigenvalue weighted by molar-refractivity contribution is -0.137. The van der Waals surface area contributed by atoms with Crippen molar-refractivity contribution in [1.82, 2.24) is 49.3 Å². The second kappa shape index (κ2) is 31.1. The van der Waals surface area contributed by atoms with Crippen LogP contribution < -0.4 is 10.6 Å². The smallest absolute Gasteiger partial charge is 0.323 e. The van der Waals surface area contributed by atoms with Crippen LogP contribution in [-0.4, -0.2) is 132 Å². The van der Waals surface area contributed by atoms with Crippen LogP contribution in [0.25, 0.3) is 44.1 Å². The minimum absolute atomic E-state index is 0. The number of Topliss-reactive ketones (excluding diaryl/α,β-unsaturated/α-hetero) is 3. The van der Waals surface area contributed by atoms with E-state index >= 15 is 0 Å². The number of phenolic OH excluding ortho intramolecular Hbond substituents is 2. The number of hydrogen-bond acceptors (Lipinski definition) is 17. The van der Waals surface area contributed by atoms with Crippen molar-refractivity contribution < 1.29 is 52.9 Å². The highest BCUT2D eigenvalue weighted by molar-refractivity contribution is 9.10. The van der Waals surface area contributed by atoms with E-state index in [0.29, 0.717) is 81.7 Å². The van der Waals surface area contributed by atoms with E-state index in [1.807, 2.05) is 6.07 Å². The Bertz CT molecular complexity index is 3700. The number of aryl methyl sites for hydroxylation is 2. The van der Waals surface area contributed by atoms with Gasteiger partial charge in [0.1, 0.15) is 69.6 Å². The van der Waals surface area contributed by atoms with Gasteiger partial charge in [-0.15, -0.1) is 12.4 Å². The number of phenols is 2. The number of likely N-dealkylation sites (tertiary alicyclic amines) is 1. The Morgan fingerprint density at radius 3 is 1.67 bits per heavy atom. The first-order chi connectivity index (χ1) is 38.6. The summed E-state index contributed by atoms with van der Waals surface area (Å²) in [6.07, 6.45) is 7.49. The molecule has 2 aromatic carbocycles. The van der Waals surface area contributed by atoms with Gasteiger partial charge in [0.15, 0.2) is 17.3 Å². The van der Waals surface area contributed by atoms with Gasteiger partial charge in [-0.2, -0.15) is 13.5 Å².